The summed E-state index contributed by atoms with van der Waals surface area (Å²) >= 11 is 6.21. The van der Waals surface area contributed by atoms with Crippen LogP contribution >= 0.6 is 11.6 Å². The van der Waals surface area contributed by atoms with E-state index in [4.69, 9.17) is 16.3 Å². The van der Waals surface area contributed by atoms with E-state index >= 15 is 0 Å². The van der Waals surface area contributed by atoms with Crippen molar-refractivity contribution in [3.8, 4) is 5.75 Å². The first kappa shape index (κ1) is 17.5. The van der Waals surface area contributed by atoms with Gasteiger partial charge in [-0.15, -0.1) is 0 Å². The molecule has 1 aliphatic carbocycles. The van der Waals surface area contributed by atoms with E-state index in [0.29, 0.717) is 30.6 Å². The number of aliphatic hydroxyl groups excluding tert-OH is 1. The number of nitrogens with zero attached hydrogens (tertiary/aromatic N) is 3. The van der Waals surface area contributed by atoms with Crippen LogP contribution in [-0.2, 0) is 0 Å². The third-order valence-electron chi connectivity index (χ3n) is 5.43. The molecule has 2 aromatic rings. The summed E-state index contributed by atoms with van der Waals surface area (Å²) in [5, 5.41) is 10.8. The highest BCUT2D eigenvalue weighted by Gasteiger charge is 2.43. The Morgan fingerprint density at radius 1 is 1.19 bits per heavy atom. The number of hydrogen-bond acceptors (Lipinski definition) is 5. The molecule has 1 aliphatic heterocycles. The van der Waals surface area contributed by atoms with Gasteiger partial charge in [-0.3, -0.25) is 0 Å². The van der Waals surface area contributed by atoms with E-state index in [1.54, 1.807) is 31.5 Å². The summed E-state index contributed by atoms with van der Waals surface area (Å²) in [7, 11) is 0. The molecule has 5 nitrogen and oxygen atoms in total. The largest absolute Gasteiger partial charge is 0.483 e. The Labute approximate surface area is 156 Å². The zero-order valence-corrected chi connectivity index (χ0v) is 15.2. The number of halogens is 2. The van der Waals surface area contributed by atoms with Crippen molar-refractivity contribution in [3.63, 3.8) is 0 Å². The van der Waals surface area contributed by atoms with Crippen molar-refractivity contribution < 1.29 is 14.2 Å². The molecule has 0 spiro atoms. The van der Waals surface area contributed by atoms with Gasteiger partial charge in [-0.05, 0) is 49.3 Å². The molecule has 7 heteroatoms. The van der Waals surface area contributed by atoms with Crippen LogP contribution in [0.5, 0.6) is 5.75 Å². The fourth-order valence-corrected chi connectivity index (χ4v) is 4.22. The maximum Gasteiger partial charge on any atom is 0.225 e. The second kappa shape index (κ2) is 7.00. The predicted molar refractivity (Wildman–Crippen MR) is 97.0 cm³/mol. The first-order valence-electron chi connectivity index (χ1n) is 8.84. The summed E-state index contributed by atoms with van der Waals surface area (Å²) in [6.07, 6.45) is 3.61. The lowest BCUT2D eigenvalue weighted by Crippen LogP contribution is -2.42. The first-order valence-corrected chi connectivity index (χ1v) is 9.22. The summed E-state index contributed by atoms with van der Waals surface area (Å²) in [4.78, 5) is 10.8. The van der Waals surface area contributed by atoms with Gasteiger partial charge in [0.1, 0.15) is 6.10 Å². The number of rotatable bonds is 3. The van der Waals surface area contributed by atoms with Crippen molar-refractivity contribution in [1.29, 1.82) is 0 Å². The van der Waals surface area contributed by atoms with Crippen LogP contribution in [0.15, 0.2) is 30.6 Å². The number of aryl methyl sites for hydroxylation is 1. The summed E-state index contributed by atoms with van der Waals surface area (Å²) in [5.41, 5.74) is 0.750. The average Bonchev–Trinajstić information content (AvgIpc) is 3.05. The molecule has 2 heterocycles. The van der Waals surface area contributed by atoms with Gasteiger partial charge in [0.05, 0.1) is 11.1 Å². The van der Waals surface area contributed by atoms with E-state index in [1.165, 1.54) is 6.07 Å². The SMILES string of the molecule is Cc1ccc(F)c(O[C@@H]2C[C@@H]3CN(c4ncccn4)C[C@@H]3C[C@H]2O)c1Cl. The topological polar surface area (TPSA) is 58.5 Å². The molecule has 0 amide bonds. The van der Waals surface area contributed by atoms with Crippen molar-refractivity contribution in [2.24, 2.45) is 11.8 Å². The van der Waals surface area contributed by atoms with Crippen molar-refractivity contribution in [3.05, 3.63) is 47.0 Å². The van der Waals surface area contributed by atoms with Gasteiger partial charge < -0.3 is 14.7 Å². The number of hydrogen-bond donors (Lipinski definition) is 1. The Hall–Kier alpha value is -1.92. The minimum Gasteiger partial charge on any atom is -0.483 e. The Morgan fingerprint density at radius 3 is 2.62 bits per heavy atom. The monoisotopic (exact) mass is 377 g/mol. The Bertz CT molecular complexity index is 792. The molecule has 0 radical (unpaired) electrons. The maximum absolute atomic E-state index is 14.1. The van der Waals surface area contributed by atoms with Crippen LogP contribution in [0, 0.1) is 24.6 Å². The zero-order valence-electron chi connectivity index (χ0n) is 14.5. The average molecular weight is 378 g/mol. The minimum atomic E-state index is -0.649. The molecule has 4 rings (SSSR count). The van der Waals surface area contributed by atoms with Crippen LogP contribution in [0.1, 0.15) is 18.4 Å². The molecule has 4 atom stereocenters. The van der Waals surface area contributed by atoms with Gasteiger partial charge in [-0.1, -0.05) is 17.7 Å². The fraction of sp³-hybridized carbons (Fsp3) is 0.474. The summed E-state index contributed by atoms with van der Waals surface area (Å²) < 4.78 is 20.0. The second-order valence-corrected chi connectivity index (χ2v) is 7.55. The van der Waals surface area contributed by atoms with Crippen molar-refractivity contribution in [2.75, 3.05) is 18.0 Å². The van der Waals surface area contributed by atoms with Crippen LogP contribution < -0.4 is 9.64 Å². The molecule has 26 heavy (non-hydrogen) atoms. The number of aliphatic hydroxyl groups is 1. The lowest BCUT2D eigenvalue weighted by molar-refractivity contribution is -0.0246. The van der Waals surface area contributed by atoms with Crippen LogP contribution in [0.2, 0.25) is 5.02 Å². The van der Waals surface area contributed by atoms with Gasteiger partial charge in [0, 0.05) is 25.5 Å². The number of aromatic nitrogens is 2. The summed E-state index contributed by atoms with van der Waals surface area (Å²) in [6, 6.07) is 4.76. The molecule has 1 saturated carbocycles. The van der Waals surface area contributed by atoms with Gasteiger partial charge in [0.15, 0.2) is 11.6 Å². The maximum atomic E-state index is 14.1. The van der Waals surface area contributed by atoms with Crippen LogP contribution in [0.4, 0.5) is 10.3 Å². The lowest BCUT2D eigenvalue weighted by Gasteiger charge is -2.35. The fourth-order valence-electron chi connectivity index (χ4n) is 4.03. The smallest absolute Gasteiger partial charge is 0.225 e. The minimum absolute atomic E-state index is 0.0374. The van der Waals surface area contributed by atoms with E-state index in [2.05, 4.69) is 14.9 Å². The molecule has 1 saturated heterocycles. The highest BCUT2D eigenvalue weighted by atomic mass is 35.5. The molecule has 1 N–H and O–H groups in total. The van der Waals surface area contributed by atoms with Crippen molar-refractivity contribution in [1.82, 2.24) is 9.97 Å². The zero-order chi connectivity index (χ0) is 18.3. The van der Waals surface area contributed by atoms with Gasteiger partial charge in [-0.2, -0.15) is 0 Å². The molecule has 0 unspecified atom stereocenters. The molecule has 2 aliphatic rings. The quantitative estimate of drug-likeness (QED) is 0.889. The molecular formula is C19H21ClFN3O2. The third kappa shape index (κ3) is 3.23. The van der Waals surface area contributed by atoms with Crippen LogP contribution in [0.25, 0.3) is 0 Å². The normalized spacial score (nSPS) is 28.1. The van der Waals surface area contributed by atoms with E-state index in [-0.39, 0.29) is 10.8 Å². The van der Waals surface area contributed by atoms with Gasteiger partial charge >= 0.3 is 0 Å². The molecule has 1 aromatic heterocycles. The predicted octanol–water partition coefficient (Wildman–Crippen LogP) is 3.23. The Kier molecular flexibility index (Phi) is 4.71. The van der Waals surface area contributed by atoms with Gasteiger partial charge in [0.2, 0.25) is 5.95 Å². The number of anilines is 1. The molecule has 0 bridgehead atoms. The molecule has 2 fully saturated rings. The Morgan fingerprint density at radius 2 is 1.88 bits per heavy atom. The molecule has 1 aromatic carbocycles. The Balaban J connectivity index is 1.49. The molecule has 138 valence electrons. The standard InChI is InChI=1S/C19H21ClFN3O2/c1-11-3-4-14(21)18(17(11)20)26-16-8-13-10-24(9-12(13)7-15(16)25)19-22-5-2-6-23-19/h2-6,12-13,15-16,25H,7-10H2,1H3/t12-,13+,15+,16+/m0/s1. The number of fused-ring (bicyclic) bond motifs is 1. The molecular weight excluding hydrogens is 357 g/mol. The third-order valence-corrected chi connectivity index (χ3v) is 5.90. The van der Waals surface area contributed by atoms with E-state index < -0.39 is 18.0 Å². The first-order chi connectivity index (χ1) is 12.5. The highest BCUT2D eigenvalue weighted by molar-refractivity contribution is 6.32. The van der Waals surface area contributed by atoms with Gasteiger partial charge in [0.25, 0.3) is 0 Å². The van der Waals surface area contributed by atoms with Gasteiger partial charge in [-0.25, -0.2) is 14.4 Å². The number of ether oxygens (including phenoxy) is 1. The summed E-state index contributed by atoms with van der Waals surface area (Å²) in [6.45, 7) is 3.43. The second-order valence-electron chi connectivity index (χ2n) is 7.18. The summed E-state index contributed by atoms with van der Waals surface area (Å²) in [5.74, 6) is 0.947. The highest BCUT2D eigenvalue weighted by Crippen LogP contribution is 2.40. The van der Waals surface area contributed by atoms with Crippen molar-refractivity contribution in [2.45, 2.75) is 32.0 Å². The van der Waals surface area contributed by atoms with Crippen molar-refractivity contribution >= 4 is 17.5 Å². The van der Waals surface area contributed by atoms with Crippen LogP contribution in [0.3, 0.4) is 0 Å². The van der Waals surface area contributed by atoms with E-state index in [0.717, 1.165) is 18.7 Å². The number of benzene rings is 1. The van der Waals surface area contributed by atoms with Crippen LogP contribution in [-0.4, -0.2) is 40.4 Å². The van der Waals surface area contributed by atoms with E-state index in [1.807, 2.05) is 0 Å². The lowest BCUT2D eigenvalue weighted by atomic mass is 9.78. The van der Waals surface area contributed by atoms with E-state index in [9.17, 15) is 9.50 Å².